The van der Waals surface area contributed by atoms with E-state index in [2.05, 4.69) is 0 Å². The molecule has 1 N–H and O–H groups in total. The molecule has 0 aliphatic heterocycles. The Bertz CT molecular complexity index is 181. The number of carboxylic acids is 1. The number of carboxylic acid groups (broad SMARTS) is 1. The zero-order valence-corrected chi connectivity index (χ0v) is 6.46. The van der Waals surface area contributed by atoms with E-state index in [0.29, 0.717) is 0 Å². The van der Waals surface area contributed by atoms with Crippen LogP contribution in [0.1, 0.15) is 20.3 Å². The second-order valence-corrected chi connectivity index (χ2v) is 2.41. The van der Waals surface area contributed by atoms with Gasteiger partial charge in [0.1, 0.15) is 17.5 Å². The minimum atomic E-state index is -1.23. The number of aliphatic carboxylic acids is 1. The van der Waals surface area contributed by atoms with Crippen LogP contribution in [-0.2, 0) is 14.4 Å². The van der Waals surface area contributed by atoms with Gasteiger partial charge in [-0.05, 0) is 13.8 Å². The summed E-state index contributed by atoms with van der Waals surface area (Å²) in [5, 5.41) is 8.42. The SMILES string of the molecule is CC(=O)CC(C(C)=O)C(=O)O. The van der Waals surface area contributed by atoms with Crippen molar-refractivity contribution in [1.29, 1.82) is 0 Å². The Morgan fingerprint density at radius 1 is 1.27 bits per heavy atom. The van der Waals surface area contributed by atoms with Crippen LogP contribution in [0.4, 0.5) is 0 Å². The van der Waals surface area contributed by atoms with E-state index in [-0.39, 0.29) is 12.2 Å². The van der Waals surface area contributed by atoms with Crippen LogP contribution >= 0.6 is 0 Å². The summed E-state index contributed by atoms with van der Waals surface area (Å²) in [4.78, 5) is 31.3. The van der Waals surface area contributed by atoms with Gasteiger partial charge in [0.25, 0.3) is 0 Å². The van der Waals surface area contributed by atoms with Gasteiger partial charge in [0, 0.05) is 6.42 Å². The van der Waals surface area contributed by atoms with Crippen LogP contribution in [0.25, 0.3) is 0 Å². The van der Waals surface area contributed by atoms with E-state index >= 15 is 0 Å². The molecular formula is C7H10O4. The van der Waals surface area contributed by atoms with Gasteiger partial charge in [-0.1, -0.05) is 0 Å². The summed E-state index contributed by atoms with van der Waals surface area (Å²) in [7, 11) is 0. The molecule has 0 aliphatic rings. The summed E-state index contributed by atoms with van der Waals surface area (Å²) in [6.07, 6.45) is -0.204. The number of rotatable bonds is 4. The lowest BCUT2D eigenvalue weighted by Gasteiger charge is -2.04. The highest BCUT2D eigenvalue weighted by Gasteiger charge is 2.23. The highest BCUT2D eigenvalue weighted by molar-refractivity contribution is 6.00. The van der Waals surface area contributed by atoms with E-state index in [9.17, 15) is 14.4 Å². The van der Waals surface area contributed by atoms with Crippen molar-refractivity contribution in [3.05, 3.63) is 0 Å². The van der Waals surface area contributed by atoms with Crippen LogP contribution in [0.15, 0.2) is 0 Å². The number of ketones is 2. The van der Waals surface area contributed by atoms with E-state index in [1.54, 1.807) is 0 Å². The number of hydrogen-bond acceptors (Lipinski definition) is 3. The number of hydrogen-bond donors (Lipinski definition) is 1. The first kappa shape index (κ1) is 9.81. The average molecular weight is 158 g/mol. The minimum absolute atomic E-state index is 0.204. The molecular weight excluding hydrogens is 148 g/mol. The highest BCUT2D eigenvalue weighted by Crippen LogP contribution is 2.04. The third kappa shape index (κ3) is 3.50. The molecule has 1 atom stereocenters. The molecule has 0 aliphatic carbocycles. The molecule has 0 aromatic rings. The van der Waals surface area contributed by atoms with Gasteiger partial charge in [-0.15, -0.1) is 0 Å². The van der Waals surface area contributed by atoms with Crippen molar-refractivity contribution in [3.8, 4) is 0 Å². The first-order valence-electron chi connectivity index (χ1n) is 3.18. The summed E-state index contributed by atoms with van der Waals surface area (Å²) < 4.78 is 0. The van der Waals surface area contributed by atoms with Crippen LogP contribution in [0, 0.1) is 5.92 Å². The largest absolute Gasteiger partial charge is 0.481 e. The van der Waals surface area contributed by atoms with Crippen LogP contribution in [-0.4, -0.2) is 22.6 Å². The van der Waals surface area contributed by atoms with Crippen molar-refractivity contribution < 1.29 is 19.5 Å². The molecule has 0 heterocycles. The van der Waals surface area contributed by atoms with Crippen LogP contribution < -0.4 is 0 Å². The third-order valence-electron chi connectivity index (χ3n) is 1.28. The van der Waals surface area contributed by atoms with Gasteiger partial charge >= 0.3 is 5.97 Å². The van der Waals surface area contributed by atoms with Crippen LogP contribution in [0.5, 0.6) is 0 Å². The topological polar surface area (TPSA) is 71.4 Å². The molecule has 4 nitrogen and oxygen atoms in total. The van der Waals surface area contributed by atoms with Gasteiger partial charge in [0.15, 0.2) is 0 Å². The first-order valence-corrected chi connectivity index (χ1v) is 3.18. The second kappa shape index (κ2) is 3.85. The van der Waals surface area contributed by atoms with Crippen LogP contribution in [0.3, 0.4) is 0 Å². The maximum atomic E-state index is 10.6. The van der Waals surface area contributed by atoms with Crippen molar-refractivity contribution in [2.24, 2.45) is 5.92 Å². The molecule has 0 amide bonds. The average Bonchev–Trinajstić information content (AvgIpc) is 1.81. The van der Waals surface area contributed by atoms with Crippen molar-refractivity contribution in [2.75, 3.05) is 0 Å². The molecule has 11 heavy (non-hydrogen) atoms. The standard InChI is InChI=1S/C7H10O4/c1-4(8)3-6(5(2)9)7(10)11/h6H,3H2,1-2H3,(H,10,11). The quantitative estimate of drug-likeness (QED) is 0.595. The normalized spacial score (nSPS) is 12.2. The Hall–Kier alpha value is -1.19. The fourth-order valence-corrected chi connectivity index (χ4v) is 0.692. The Morgan fingerprint density at radius 2 is 1.73 bits per heavy atom. The predicted octanol–water partition coefficient (Wildman–Crippen LogP) is 0.255. The zero-order valence-electron chi connectivity index (χ0n) is 6.46. The first-order chi connectivity index (χ1) is 4.95. The molecule has 0 saturated carbocycles. The Kier molecular flexibility index (Phi) is 3.44. The molecule has 1 unspecified atom stereocenters. The molecule has 0 saturated heterocycles. The molecule has 0 rings (SSSR count). The maximum absolute atomic E-state index is 10.6. The fourth-order valence-electron chi connectivity index (χ4n) is 0.692. The van der Waals surface area contributed by atoms with E-state index < -0.39 is 17.7 Å². The lowest BCUT2D eigenvalue weighted by Crippen LogP contribution is -2.23. The molecule has 0 aromatic heterocycles. The molecule has 4 heteroatoms. The molecule has 0 spiro atoms. The monoisotopic (exact) mass is 158 g/mol. The number of carbonyl (C=O) groups is 3. The number of Topliss-reactive ketones (excluding diaryl/α,β-unsaturated/α-hetero) is 2. The lowest BCUT2D eigenvalue weighted by atomic mass is 9.99. The summed E-state index contributed by atoms with van der Waals surface area (Å²) in [5.41, 5.74) is 0. The van der Waals surface area contributed by atoms with E-state index in [1.807, 2.05) is 0 Å². The van der Waals surface area contributed by atoms with E-state index in [0.717, 1.165) is 0 Å². The van der Waals surface area contributed by atoms with Crippen molar-refractivity contribution in [2.45, 2.75) is 20.3 Å². The molecule has 62 valence electrons. The predicted molar refractivity (Wildman–Crippen MR) is 37.1 cm³/mol. The van der Waals surface area contributed by atoms with Gasteiger partial charge in [0.2, 0.25) is 0 Å². The van der Waals surface area contributed by atoms with E-state index in [1.165, 1.54) is 13.8 Å². The second-order valence-electron chi connectivity index (χ2n) is 2.41. The Balaban J connectivity index is 4.23. The summed E-state index contributed by atoms with van der Waals surface area (Å²) >= 11 is 0. The van der Waals surface area contributed by atoms with Gasteiger partial charge in [-0.25, -0.2) is 0 Å². The molecule has 0 bridgehead atoms. The molecule has 0 radical (unpaired) electrons. The van der Waals surface area contributed by atoms with Gasteiger partial charge in [-0.3, -0.25) is 14.4 Å². The van der Waals surface area contributed by atoms with Gasteiger partial charge < -0.3 is 5.11 Å². The van der Waals surface area contributed by atoms with Crippen molar-refractivity contribution in [1.82, 2.24) is 0 Å². The third-order valence-corrected chi connectivity index (χ3v) is 1.28. The van der Waals surface area contributed by atoms with Gasteiger partial charge in [0.05, 0.1) is 0 Å². The lowest BCUT2D eigenvalue weighted by molar-refractivity contribution is -0.147. The summed E-state index contributed by atoms with van der Waals surface area (Å²) in [6.45, 7) is 2.43. The van der Waals surface area contributed by atoms with Crippen molar-refractivity contribution in [3.63, 3.8) is 0 Å². The minimum Gasteiger partial charge on any atom is -0.481 e. The highest BCUT2D eigenvalue weighted by atomic mass is 16.4. The fraction of sp³-hybridized carbons (Fsp3) is 0.571. The van der Waals surface area contributed by atoms with Crippen LogP contribution in [0.2, 0.25) is 0 Å². The van der Waals surface area contributed by atoms with E-state index in [4.69, 9.17) is 5.11 Å². The van der Waals surface area contributed by atoms with Crippen molar-refractivity contribution >= 4 is 17.5 Å². The van der Waals surface area contributed by atoms with Gasteiger partial charge in [-0.2, -0.15) is 0 Å². The summed E-state index contributed by atoms with van der Waals surface area (Å²) in [5.74, 6) is -3.15. The Morgan fingerprint density at radius 3 is 1.82 bits per heavy atom. The number of carbonyl (C=O) groups excluding carboxylic acids is 2. The molecule has 0 fully saturated rings. The summed E-state index contributed by atoms with van der Waals surface area (Å²) in [6, 6.07) is 0. The smallest absolute Gasteiger partial charge is 0.314 e. The zero-order chi connectivity index (χ0) is 9.02. The Labute approximate surface area is 64.2 Å². The maximum Gasteiger partial charge on any atom is 0.314 e. The molecule has 0 aromatic carbocycles.